The number of benzene rings is 1. The van der Waals surface area contributed by atoms with Gasteiger partial charge in [0.1, 0.15) is 0 Å². The monoisotopic (exact) mass is 230 g/mol. The average Bonchev–Trinajstić information content (AvgIpc) is 2.66. The van der Waals surface area contributed by atoms with Crippen molar-refractivity contribution < 1.29 is 0 Å². The van der Waals surface area contributed by atoms with Crippen molar-refractivity contribution in [2.24, 2.45) is 11.7 Å². The third kappa shape index (κ3) is 2.24. The summed E-state index contributed by atoms with van der Waals surface area (Å²) in [5.74, 6) is 0.736. The number of nitrogens with zero attached hydrogens (tertiary/aromatic N) is 1. The molecule has 0 bridgehead atoms. The van der Waals surface area contributed by atoms with Gasteiger partial charge in [0.05, 0.1) is 0 Å². The molecule has 3 rings (SSSR count). The lowest BCUT2D eigenvalue weighted by atomic mass is 9.76. The van der Waals surface area contributed by atoms with Gasteiger partial charge in [-0.05, 0) is 24.3 Å². The quantitative estimate of drug-likeness (QED) is 0.845. The molecule has 1 saturated heterocycles. The smallest absolute Gasteiger partial charge is 0.0324 e. The number of fused-ring (bicyclic) bond motifs is 1. The molecule has 1 heterocycles. The van der Waals surface area contributed by atoms with Crippen LogP contribution in [0.2, 0.25) is 0 Å². The molecule has 0 aromatic heterocycles. The lowest BCUT2D eigenvalue weighted by Gasteiger charge is -2.34. The number of hydrogen-bond donors (Lipinski definition) is 1. The van der Waals surface area contributed by atoms with E-state index in [1.165, 1.54) is 37.8 Å². The van der Waals surface area contributed by atoms with Gasteiger partial charge in [0.2, 0.25) is 0 Å². The Kier molecular flexibility index (Phi) is 2.93. The molecule has 0 amide bonds. The van der Waals surface area contributed by atoms with Gasteiger partial charge < -0.3 is 5.73 Å². The third-order valence-corrected chi connectivity index (χ3v) is 4.50. The van der Waals surface area contributed by atoms with Crippen LogP contribution < -0.4 is 5.73 Å². The van der Waals surface area contributed by atoms with Crippen LogP contribution >= 0.6 is 0 Å². The summed E-state index contributed by atoms with van der Waals surface area (Å²) < 4.78 is 0. The summed E-state index contributed by atoms with van der Waals surface area (Å²) in [7, 11) is 0. The summed E-state index contributed by atoms with van der Waals surface area (Å²) in [6, 6.07) is 10.8. The van der Waals surface area contributed by atoms with Crippen molar-refractivity contribution >= 4 is 0 Å². The molecule has 2 heteroatoms. The number of hydrogen-bond acceptors (Lipinski definition) is 2. The first-order valence-electron chi connectivity index (χ1n) is 6.81. The standard InChI is InChI=1S/C15H22N2/c16-15-9-5-4-8-14(15)11-17(12-15)10-13-6-2-1-3-7-13/h1-3,6-7,14H,4-5,8-12,16H2/t14-,15-/m0/s1. The number of likely N-dealkylation sites (tertiary alicyclic amines) is 1. The van der Waals surface area contributed by atoms with E-state index >= 15 is 0 Å². The molecule has 2 aliphatic rings. The molecule has 92 valence electrons. The largest absolute Gasteiger partial charge is 0.324 e. The Labute approximate surface area is 104 Å². The first-order valence-corrected chi connectivity index (χ1v) is 6.81. The van der Waals surface area contributed by atoms with Crippen LogP contribution in [0.15, 0.2) is 30.3 Å². The zero-order valence-corrected chi connectivity index (χ0v) is 10.4. The summed E-state index contributed by atoms with van der Waals surface area (Å²) in [6.45, 7) is 3.36. The molecule has 1 aliphatic carbocycles. The molecule has 1 aromatic rings. The Hall–Kier alpha value is -0.860. The van der Waals surface area contributed by atoms with Crippen LogP contribution in [0.3, 0.4) is 0 Å². The molecule has 2 nitrogen and oxygen atoms in total. The maximum absolute atomic E-state index is 6.57. The predicted octanol–water partition coefficient (Wildman–Crippen LogP) is 2.39. The lowest BCUT2D eigenvalue weighted by molar-refractivity contribution is 0.245. The molecule has 2 atom stereocenters. The third-order valence-electron chi connectivity index (χ3n) is 4.50. The summed E-state index contributed by atoms with van der Waals surface area (Å²) in [5, 5.41) is 0. The number of nitrogens with two attached hydrogens (primary N) is 1. The van der Waals surface area contributed by atoms with Crippen LogP contribution in [-0.4, -0.2) is 23.5 Å². The molecule has 1 saturated carbocycles. The van der Waals surface area contributed by atoms with Crippen LogP contribution in [0, 0.1) is 5.92 Å². The SMILES string of the molecule is N[C@]12CCCC[C@H]1CN(Cc1ccccc1)C2. The van der Waals surface area contributed by atoms with Crippen LogP contribution in [-0.2, 0) is 6.54 Å². The highest BCUT2D eigenvalue weighted by molar-refractivity contribution is 5.15. The van der Waals surface area contributed by atoms with Gasteiger partial charge in [-0.15, -0.1) is 0 Å². The van der Waals surface area contributed by atoms with Gasteiger partial charge in [0.15, 0.2) is 0 Å². The minimum atomic E-state index is 0.118. The summed E-state index contributed by atoms with van der Waals surface area (Å²) >= 11 is 0. The van der Waals surface area contributed by atoms with Gasteiger partial charge in [0.25, 0.3) is 0 Å². The highest BCUT2D eigenvalue weighted by Crippen LogP contribution is 2.38. The molecular weight excluding hydrogens is 208 g/mol. The Morgan fingerprint density at radius 3 is 2.82 bits per heavy atom. The van der Waals surface area contributed by atoms with E-state index in [1.54, 1.807) is 0 Å². The van der Waals surface area contributed by atoms with E-state index in [9.17, 15) is 0 Å². The molecule has 17 heavy (non-hydrogen) atoms. The van der Waals surface area contributed by atoms with Crippen molar-refractivity contribution in [3.63, 3.8) is 0 Å². The van der Waals surface area contributed by atoms with E-state index in [-0.39, 0.29) is 5.54 Å². The average molecular weight is 230 g/mol. The van der Waals surface area contributed by atoms with E-state index < -0.39 is 0 Å². The Morgan fingerprint density at radius 2 is 2.06 bits per heavy atom. The molecule has 0 radical (unpaired) electrons. The maximum Gasteiger partial charge on any atom is 0.0324 e. The molecule has 2 fully saturated rings. The van der Waals surface area contributed by atoms with Crippen LogP contribution in [0.4, 0.5) is 0 Å². The van der Waals surface area contributed by atoms with Crippen LogP contribution in [0.5, 0.6) is 0 Å². The zero-order chi connectivity index (χ0) is 11.7. The van der Waals surface area contributed by atoms with Gasteiger partial charge in [0, 0.05) is 25.2 Å². The highest BCUT2D eigenvalue weighted by atomic mass is 15.2. The fourth-order valence-electron chi connectivity index (χ4n) is 3.57. The maximum atomic E-state index is 6.57. The molecule has 1 aromatic carbocycles. The topological polar surface area (TPSA) is 29.3 Å². The fourth-order valence-corrected chi connectivity index (χ4v) is 3.57. The summed E-state index contributed by atoms with van der Waals surface area (Å²) in [6.07, 6.45) is 5.26. The summed E-state index contributed by atoms with van der Waals surface area (Å²) in [4.78, 5) is 2.55. The molecule has 1 aliphatic heterocycles. The Morgan fingerprint density at radius 1 is 1.24 bits per heavy atom. The van der Waals surface area contributed by atoms with Gasteiger partial charge in [-0.25, -0.2) is 0 Å². The van der Waals surface area contributed by atoms with Crippen molar-refractivity contribution in [2.45, 2.75) is 37.8 Å². The first-order chi connectivity index (χ1) is 8.26. The second kappa shape index (κ2) is 4.43. The second-order valence-electron chi connectivity index (χ2n) is 5.83. The fraction of sp³-hybridized carbons (Fsp3) is 0.600. The van der Waals surface area contributed by atoms with E-state index in [2.05, 4.69) is 35.2 Å². The van der Waals surface area contributed by atoms with E-state index in [1.807, 2.05) is 0 Å². The van der Waals surface area contributed by atoms with Gasteiger partial charge in [-0.1, -0.05) is 43.2 Å². The van der Waals surface area contributed by atoms with Crippen molar-refractivity contribution in [1.82, 2.24) is 4.90 Å². The second-order valence-corrected chi connectivity index (χ2v) is 5.83. The van der Waals surface area contributed by atoms with Crippen molar-refractivity contribution in [1.29, 1.82) is 0 Å². The van der Waals surface area contributed by atoms with Crippen molar-refractivity contribution in [3.05, 3.63) is 35.9 Å². The van der Waals surface area contributed by atoms with E-state index in [4.69, 9.17) is 5.73 Å². The van der Waals surface area contributed by atoms with E-state index in [0.29, 0.717) is 0 Å². The zero-order valence-electron chi connectivity index (χ0n) is 10.4. The van der Waals surface area contributed by atoms with E-state index in [0.717, 1.165) is 19.0 Å². The summed E-state index contributed by atoms with van der Waals surface area (Å²) in [5.41, 5.74) is 8.10. The number of rotatable bonds is 2. The van der Waals surface area contributed by atoms with Gasteiger partial charge >= 0.3 is 0 Å². The molecule has 2 N–H and O–H groups in total. The first kappa shape index (κ1) is 11.2. The predicted molar refractivity (Wildman–Crippen MR) is 70.6 cm³/mol. The van der Waals surface area contributed by atoms with Crippen molar-refractivity contribution in [3.8, 4) is 0 Å². The van der Waals surface area contributed by atoms with Crippen LogP contribution in [0.1, 0.15) is 31.2 Å². The Balaban J connectivity index is 1.67. The molecule has 0 unspecified atom stereocenters. The minimum absolute atomic E-state index is 0.118. The molecular formula is C15H22N2. The van der Waals surface area contributed by atoms with Gasteiger partial charge in [-0.2, -0.15) is 0 Å². The minimum Gasteiger partial charge on any atom is -0.324 e. The molecule has 0 spiro atoms. The van der Waals surface area contributed by atoms with Crippen LogP contribution in [0.25, 0.3) is 0 Å². The highest BCUT2D eigenvalue weighted by Gasteiger charge is 2.44. The van der Waals surface area contributed by atoms with Crippen molar-refractivity contribution in [2.75, 3.05) is 13.1 Å². The Bertz CT molecular complexity index is 376. The lowest BCUT2D eigenvalue weighted by Crippen LogP contribution is -2.49. The normalized spacial score (nSPS) is 33.6. The van der Waals surface area contributed by atoms with Gasteiger partial charge in [-0.3, -0.25) is 4.90 Å².